The van der Waals surface area contributed by atoms with Gasteiger partial charge in [0.1, 0.15) is 0 Å². The maximum absolute atomic E-state index is 12.7. The van der Waals surface area contributed by atoms with E-state index in [0.717, 1.165) is 5.56 Å². The molecule has 2 aromatic rings. The van der Waals surface area contributed by atoms with Crippen LogP contribution in [-0.4, -0.2) is 39.6 Å². The third kappa shape index (κ3) is 4.58. The fraction of sp³-hybridized carbons (Fsp3) is 0.278. The van der Waals surface area contributed by atoms with Crippen LogP contribution in [0.4, 0.5) is 5.69 Å². The Bertz CT molecular complexity index is 815. The predicted octanol–water partition coefficient (Wildman–Crippen LogP) is 1.93. The van der Waals surface area contributed by atoms with E-state index in [9.17, 15) is 13.2 Å². The van der Waals surface area contributed by atoms with E-state index < -0.39 is 10.0 Å². The second-order valence-corrected chi connectivity index (χ2v) is 7.63. The average Bonchev–Trinajstić information content (AvgIpc) is 2.61. The molecule has 0 aliphatic heterocycles. The number of nitrogens with zero attached hydrogens (tertiary/aromatic N) is 1. The summed E-state index contributed by atoms with van der Waals surface area (Å²) in [5.74, 6) is -0.260. The van der Waals surface area contributed by atoms with Gasteiger partial charge in [-0.25, -0.2) is 8.42 Å². The molecule has 0 saturated carbocycles. The Labute approximate surface area is 148 Å². The van der Waals surface area contributed by atoms with Crippen LogP contribution < -0.4 is 9.62 Å². The highest BCUT2D eigenvalue weighted by Crippen LogP contribution is 2.22. The molecule has 0 atom stereocenters. The first-order chi connectivity index (χ1) is 11.9. The Morgan fingerprint density at radius 3 is 2.24 bits per heavy atom. The summed E-state index contributed by atoms with van der Waals surface area (Å²) in [5, 5.41) is 11.4. The van der Waals surface area contributed by atoms with Crippen molar-refractivity contribution in [2.75, 3.05) is 24.5 Å². The molecule has 0 radical (unpaired) electrons. The molecule has 0 bridgehead atoms. The lowest BCUT2D eigenvalue weighted by Crippen LogP contribution is -2.27. The lowest BCUT2D eigenvalue weighted by atomic mass is 10.2. The first-order valence-electron chi connectivity index (χ1n) is 7.91. The smallest absolute Gasteiger partial charge is 0.264 e. The Morgan fingerprint density at radius 2 is 1.68 bits per heavy atom. The number of nitrogens with one attached hydrogen (secondary N) is 1. The largest absolute Gasteiger partial charge is 0.396 e. The Kier molecular flexibility index (Phi) is 6.17. The number of rotatable bonds is 7. The van der Waals surface area contributed by atoms with E-state index in [0.29, 0.717) is 24.2 Å². The highest BCUT2D eigenvalue weighted by molar-refractivity contribution is 7.92. The molecular weight excluding hydrogens is 340 g/mol. The van der Waals surface area contributed by atoms with Crippen molar-refractivity contribution in [1.82, 2.24) is 5.32 Å². The van der Waals surface area contributed by atoms with Crippen molar-refractivity contribution in [1.29, 1.82) is 0 Å². The van der Waals surface area contributed by atoms with E-state index in [1.165, 1.54) is 11.4 Å². The second kappa shape index (κ2) is 8.13. The molecule has 134 valence electrons. The molecule has 7 heteroatoms. The second-order valence-electron chi connectivity index (χ2n) is 5.67. The number of amides is 1. The van der Waals surface area contributed by atoms with E-state index in [1.807, 2.05) is 6.92 Å². The van der Waals surface area contributed by atoms with E-state index in [4.69, 9.17) is 5.11 Å². The van der Waals surface area contributed by atoms with Gasteiger partial charge in [-0.15, -0.1) is 0 Å². The Balaban J connectivity index is 2.15. The van der Waals surface area contributed by atoms with E-state index in [-0.39, 0.29) is 17.4 Å². The zero-order valence-corrected chi connectivity index (χ0v) is 15.1. The number of anilines is 1. The van der Waals surface area contributed by atoms with E-state index in [1.54, 1.807) is 48.5 Å². The third-order valence-electron chi connectivity index (χ3n) is 3.79. The molecular formula is C18H22N2O4S. The molecule has 6 nitrogen and oxygen atoms in total. The van der Waals surface area contributed by atoms with Gasteiger partial charge in [0, 0.05) is 25.8 Å². The van der Waals surface area contributed by atoms with Gasteiger partial charge in [0.15, 0.2) is 0 Å². The van der Waals surface area contributed by atoms with Crippen LogP contribution in [0.25, 0.3) is 0 Å². The molecule has 2 N–H and O–H groups in total. The number of carbonyl (C=O) groups is 1. The molecule has 2 aromatic carbocycles. The number of hydrogen-bond acceptors (Lipinski definition) is 4. The van der Waals surface area contributed by atoms with Crippen molar-refractivity contribution in [2.45, 2.75) is 18.2 Å². The van der Waals surface area contributed by atoms with Crippen molar-refractivity contribution in [2.24, 2.45) is 0 Å². The maximum atomic E-state index is 12.7. The molecule has 0 unspecified atom stereocenters. The number of aliphatic hydroxyl groups is 1. The molecule has 25 heavy (non-hydrogen) atoms. The molecule has 0 aliphatic rings. The Hall–Kier alpha value is -2.38. The number of sulfonamides is 1. The quantitative estimate of drug-likeness (QED) is 0.737. The number of aryl methyl sites for hydroxylation is 1. The Morgan fingerprint density at radius 1 is 1.08 bits per heavy atom. The van der Waals surface area contributed by atoms with Gasteiger partial charge >= 0.3 is 0 Å². The summed E-state index contributed by atoms with van der Waals surface area (Å²) in [7, 11) is -2.18. The highest BCUT2D eigenvalue weighted by Gasteiger charge is 2.21. The monoisotopic (exact) mass is 362 g/mol. The number of hydrogen-bond donors (Lipinski definition) is 2. The summed E-state index contributed by atoms with van der Waals surface area (Å²) in [6, 6.07) is 13.0. The van der Waals surface area contributed by atoms with Crippen LogP contribution in [0.1, 0.15) is 22.3 Å². The van der Waals surface area contributed by atoms with Gasteiger partial charge in [-0.1, -0.05) is 17.7 Å². The summed E-state index contributed by atoms with van der Waals surface area (Å²) in [5.41, 5.74) is 1.88. The number of carbonyl (C=O) groups excluding carboxylic acids is 1. The SMILES string of the molecule is Cc1ccc(S(=O)(=O)N(C)c2ccc(C(=O)NCCCO)cc2)cc1. The molecule has 0 saturated heterocycles. The predicted molar refractivity (Wildman–Crippen MR) is 97.2 cm³/mol. The van der Waals surface area contributed by atoms with Crippen LogP contribution >= 0.6 is 0 Å². The van der Waals surface area contributed by atoms with Gasteiger partial charge in [-0.05, 0) is 49.7 Å². The summed E-state index contributed by atoms with van der Waals surface area (Å²) in [4.78, 5) is 12.1. The van der Waals surface area contributed by atoms with Gasteiger partial charge in [-0.3, -0.25) is 9.10 Å². The van der Waals surface area contributed by atoms with Crippen LogP contribution in [-0.2, 0) is 10.0 Å². The van der Waals surface area contributed by atoms with Crippen LogP contribution in [0.2, 0.25) is 0 Å². The summed E-state index contributed by atoms with van der Waals surface area (Å²) in [6.45, 7) is 2.30. The lowest BCUT2D eigenvalue weighted by molar-refractivity contribution is 0.0951. The normalized spacial score (nSPS) is 11.2. The first kappa shape index (κ1) is 19.0. The van der Waals surface area contributed by atoms with Crippen LogP contribution in [0.3, 0.4) is 0 Å². The molecule has 1 amide bonds. The van der Waals surface area contributed by atoms with Crippen LogP contribution in [0.15, 0.2) is 53.4 Å². The van der Waals surface area contributed by atoms with Crippen molar-refractivity contribution in [3.63, 3.8) is 0 Å². The summed E-state index contributed by atoms with van der Waals surface area (Å²) < 4.78 is 26.5. The topological polar surface area (TPSA) is 86.7 Å². The highest BCUT2D eigenvalue weighted by atomic mass is 32.2. The van der Waals surface area contributed by atoms with Gasteiger partial charge in [0.05, 0.1) is 10.6 Å². The molecule has 0 heterocycles. The first-order valence-corrected chi connectivity index (χ1v) is 9.35. The standard InChI is InChI=1S/C18H22N2O4S/c1-14-4-10-17(11-5-14)25(23,24)20(2)16-8-6-15(7-9-16)18(22)19-12-3-13-21/h4-11,21H,3,12-13H2,1-2H3,(H,19,22). The fourth-order valence-electron chi connectivity index (χ4n) is 2.21. The van der Waals surface area contributed by atoms with Gasteiger partial charge in [-0.2, -0.15) is 0 Å². The minimum absolute atomic E-state index is 0.0148. The molecule has 0 aliphatic carbocycles. The average molecular weight is 362 g/mol. The molecule has 0 spiro atoms. The molecule has 2 rings (SSSR count). The number of aliphatic hydroxyl groups excluding tert-OH is 1. The summed E-state index contributed by atoms with van der Waals surface area (Å²) >= 11 is 0. The van der Waals surface area contributed by atoms with Gasteiger partial charge in [0.25, 0.3) is 15.9 Å². The third-order valence-corrected chi connectivity index (χ3v) is 5.59. The van der Waals surface area contributed by atoms with Gasteiger partial charge in [0.2, 0.25) is 0 Å². The van der Waals surface area contributed by atoms with Crippen molar-refractivity contribution < 1.29 is 18.3 Å². The zero-order valence-electron chi connectivity index (χ0n) is 14.3. The minimum Gasteiger partial charge on any atom is -0.396 e. The summed E-state index contributed by atoms with van der Waals surface area (Å²) in [6.07, 6.45) is 0.487. The van der Waals surface area contributed by atoms with Gasteiger partial charge < -0.3 is 10.4 Å². The van der Waals surface area contributed by atoms with Crippen molar-refractivity contribution >= 4 is 21.6 Å². The molecule has 0 fully saturated rings. The van der Waals surface area contributed by atoms with Crippen molar-refractivity contribution in [3.05, 3.63) is 59.7 Å². The fourth-order valence-corrected chi connectivity index (χ4v) is 3.41. The number of benzene rings is 2. The van der Waals surface area contributed by atoms with E-state index >= 15 is 0 Å². The molecule has 0 aromatic heterocycles. The van der Waals surface area contributed by atoms with Crippen molar-refractivity contribution in [3.8, 4) is 0 Å². The zero-order chi connectivity index (χ0) is 18.4. The maximum Gasteiger partial charge on any atom is 0.264 e. The van der Waals surface area contributed by atoms with Crippen LogP contribution in [0.5, 0.6) is 0 Å². The lowest BCUT2D eigenvalue weighted by Gasteiger charge is -2.20. The minimum atomic E-state index is -3.65. The van der Waals surface area contributed by atoms with E-state index in [2.05, 4.69) is 5.32 Å². The van der Waals surface area contributed by atoms with Crippen LogP contribution in [0, 0.1) is 6.92 Å².